The van der Waals surface area contributed by atoms with E-state index in [2.05, 4.69) is 6.92 Å². The quantitative estimate of drug-likeness (QED) is 0.771. The number of ether oxygens (including phenoxy) is 1. The van der Waals surface area contributed by atoms with Crippen LogP contribution in [0.25, 0.3) is 0 Å². The highest BCUT2D eigenvalue weighted by atomic mass is 19.1. The number of halogens is 1. The number of carbonyl (C=O) groups excluding carboxylic acids is 2. The third kappa shape index (κ3) is 2.54. The lowest BCUT2D eigenvalue weighted by molar-refractivity contribution is -0.157. The molecule has 4 rings (SSSR count). The normalized spacial score (nSPS) is 35.7. The zero-order valence-corrected chi connectivity index (χ0v) is 14.4. The van der Waals surface area contributed by atoms with E-state index in [9.17, 15) is 14.0 Å². The molecule has 0 radical (unpaired) electrons. The molecule has 0 bridgehead atoms. The number of alkyl halides is 1. The summed E-state index contributed by atoms with van der Waals surface area (Å²) in [4.78, 5) is 29.3. The van der Waals surface area contributed by atoms with Crippen LogP contribution in [0.1, 0.15) is 45.4 Å². The minimum absolute atomic E-state index is 0.122. The van der Waals surface area contributed by atoms with Crippen molar-refractivity contribution in [2.75, 3.05) is 32.8 Å². The maximum absolute atomic E-state index is 14.2. The fraction of sp³-hybridized carbons (Fsp3) is 0.889. The van der Waals surface area contributed by atoms with Gasteiger partial charge in [0.05, 0.1) is 11.5 Å². The van der Waals surface area contributed by atoms with Gasteiger partial charge in [-0.2, -0.15) is 0 Å². The van der Waals surface area contributed by atoms with Crippen LogP contribution in [0.4, 0.5) is 4.39 Å². The topological polar surface area (TPSA) is 49.9 Å². The molecule has 0 spiro atoms. The number of nitrogens with zero attached hydrogens (tertiary/aromatic N) is 2. The van der Waals surface area contributed by atoms with Gasteiger partial charge in [0.15, 0.2) is 5.67 Å². The Labute approximate surface area is 142 Å². The SMILES string of the molecule is CC1CCN(C(=O)[C@@]23CCO[C@@H]2CCN(C(=O)C2(F)CC2)C3)CC1. The summed E-state index contributed by atoms with van der Waals surface area (Å²) in [6, 6.07) is 0. The lowest BCUT2D eigenvalue weighted by Crippen LogP contribution is -2.60. The second-order valence-corrected chi connectivity index (χ2v) is 8.22. The minimum Gasteiger partial charge on any atom is -0.377 e. The van der Waals surface area contributed by atoms with Gasteiger partial charge in [0.1, 0.15) is 0 Å². The van der Waals surface area contributed by atoms with Crippen molar-refractivity contribution >= 4 is 11.8 Å². The lowest BCUT2D eigenvalue weighted by Gasteiger charge is -2.46. The van der Waals surface area contributed by atoms with Gasteiger partial charge >= 0.3 is 0 Å². The van der Waals surface area contributed by atoms with Gasteiger partial charge < -0.3 is 14.5 Å². The smallest absolute Gasteiger partial charge is 0.260 e. The Morgan fingerprint density at radius 3 is 2.33 bits per heavy atom. The van der Waals surface area contributed by atoms with Crippen molar-refractivity contribution < 1.29 is 18.7 Å². The first-order chi connectivity index (χ1) is 11.4. The fourth-order valence-corrected chi connectivity index (χ4v) is 4.56. The van der Waals surface area contributed by atoms with Gasteiger partial charge in [0, 0.05) is 32.8 Å². The number of carbonyl (C=O) groups is 2. The standard InChI is InChI=1S/C18H27FN2O3/c1-13-2-8-20(9-3-13)15(22)17-7-11-24-14(17)4-10-21(12-17)16(23)18(19)5-6-18/h13-14H,2-12H2,1H3/t14-,17-/m1/s1. The van der Waals surface area contributed by atoms with Crippen molar-refractivity contribution in [3.63, 3.8) is 0 Å². The first-order valence-electron chi connectivity index (χ1n) is 9.34. The van der Waals surface area contributed by atoms with E-state index >= 15 is 0 Å². The molecule has 1 aliphatic carbocycles. The molecule has 6 heteroatoms. The molecule has 2 amide bonds. The zero-order chi connectivity index (χ0) is 16.9. The Hall–Kier alpha value is -1.17. The Kier molecular flexibility index (Phi) is 3.86. The average Bonchev–Trinajstić information content (AvgIpc) is 3.19. The van der Waals surface area contributed by atoms with Gasteiger partial charge in [-0.25, -0.2) is 4.39 Å². The predicted molar refractivity (Wildman–Crippen MR) is 86.0 cm³/mol. The van der Waals surface area contributed by atoms with Crippen LogP contribution in [0.3, 0.4) is 0 Å². The number of hydrogen-bond acceptors (Lipinski definition) is 3. The van der Waals surface area contributed by atoms with Crippen molar-refractivity contribution in [1.29, 1.82) is 0 Å². The number of likely N-dealkylation sites (tertiary alicyclic amines) is 2. The summed E-state index contributed by atoms with van der Waals surface area (Å²) in [6.07, 6.45) is 3.87. The minimum atomic E-state index is -1.66. The molecule has 0 aromatic heterocycles. The molecule has 4 fully saturated rings. The molecule has 4 aliphatic rings. The van der Waals surface area contributed by atoms with E-state index in [-0.39, 0.29) is 12.0 Å². The number of piperidine rings is 2. The van der Waals surface area contributed by atoms with E-state index in [4.69, 9.17) is 4.74 Å². The Morgan fingerprint density at radius 2 is 1.67 bits per heavy atom. The highest BCUT2D eigenvalue weighted by Gasteiger charge is 2.59. The molecule has 0 aromatic carbocycles. The summed E-state index contributed by atoms with van der Waals surface area (Å²) >= 11 is 0. The van der Waals surface area contributed by atoms with E-state index in [1.165, 1.54) is 0 Å². The van der Waals surface area contributed by atoms with Gasteiger partial charge in [-0.05, 0) is 44.4 Å². The molecular weight excluding hydrogens is 311 g/mol. The third-order valence-electron chi connectivity index (χ3n) is 6.47. The summed E-state index contributed by atoms with van der Waals surface area (Å²) in [7, 11) is 0. The molecule has 1 saturated carbocycles. The molecule has 24 heavy (non-hydrogen) atoms. The molecule has 2 atom stereocenters. The van der Waals surface area contributed by atoms with Crippen molar-refractivity contribution in [2.24, 2.45) is 11.3 Å². The molecule has 3 aliphatic heterocycles. The highest BCUT2D eigenvalue weighted by Crippen LogP contribution is 2.46. The van der Waals surface area contributed by atoms with Crippen LogP contribution in [-0.2, 0) is 14.3 Å². The maximum atomic E-state index is 14.2. The average molecular weight is 338 g/mol. The van der Waals surface area contributed by atoms with Gasteiger partial charge in [-0.3, -0.25) is 9.59 Å². The third-order valence-corrected chi connectivity index (χ3v) is 6.47. The first kappa shape index (κ1) is 16.3. The van der Waals surface area contributed by atoms with Crippen LogP contribution in [0.2, 0.25) is 0 Å². The van der Waals surface area contributed by atoms with Gasteiger partial charge in [0.2, 0.25) is 5.91 Å². The number of rotatable bonds is 2. The number of hydrogen-bond donors (Lipinski definition) is 0. The highest BCUT2D eigenvalue weighted by molar-refractivity contribution is 5.90. The van der Waals surface area contributed by atoms with E-state index in [1.54, 1.807) is 4.90 Å². The van der Waals surface area contributed by atoms with E-state index in [0.717, 1.165) is 25.9 Å². The molecular formula is C18H27FN2O3. The lowest BCUT2D eigenvalue weighted by atomic mass is 9.74. The monoisotopic (exact) mass is 338 g/mol. The molecule has 3 saturated heterocycles. The van der Waals surface area contributed by atoms with Crippen LogP contribution < -0.4 is 0 Å². The molecule has 0 unspecified atom stereocenters. The van der Waals surface area contributed by atoms with E-state index in [0.29, 0.717) is 51.3 Å². The van der Waals surface area contributed by atoms with Crippen LogP contribution >= 0.6 is 0 Å². The number of amides is 2. The molecule has 0 aromatic rings. The van der Waals surface area contributed by atoms with Gasteiger partial charge in [-0.1, -0.05) is 6.92 Å². The molecule has 5 nitrogen and oxygen atoms in total. The van der Waals surface area contributed by atoms with Crippen molar-refractivity contribution in [3.8, 4) is 0 Å². The zero-order valence-electron chi connectivity index (χ0n) is 14.4. The van der Waals surface area contributed by atoms with E-state index < -0.39 is 17.0 Å². The fourth-order valence-electron chi connectivity index (χ4n) is 4.56. The second-order valence-electron chi connectivity index (χ2n) is 8.22. The molecule has 134 valence electrons. The van der Waals surface area contributed by atoms with Gasteiger partial charge in [0.25, 0.3) is 5.91 Å². The van der Waals surface area contributed by atoms with Crippen molar-refractivity contribution in [2.45, 2.75) is 57.2 Å². The largest absolute Gasteiger partial charge is 0.377 e. The summed E-state index contributed by atoms with van der Waals surface area (Å²) < 4.78 is 20.1. The Morgan fingerprint density at radius 1 is 1.00 bits per heavy atom. The Bertz CT molecular complexity index is 542. The van der Waals surface area contributed by atoms with Crippen LogP contribution in [-0.4, -0.2) is 66.2 Å². The van der Waals surface area contributed by atoms with Crippen molar-refractivity contribution in [1.82, 2.24) is 9.80 Å². The van der Waals surface area contributed by atoms with Crippen LogP contribution in [0, 0.1) is 11.3 Å². The maximum Gasteiger partial charge on any atom is 0.260 e. The first-order valence-corrected chi connectivity index (χ1v) is 9.34. The van der Waals surface area contributed by atoms with Gasteiger partial charge in [-0.15, -0.1) is 0 Å². The van der Waals surface area contributed by atoms with Crippen LogP contribution in [0.15, 0.2) is 0 Å². The summed E-state index contributed by atoms with van der Waals surface area (Å²) in [5.74, 6) is 0.373. The summed E-state index contributed by atoms with van der Waals surface area (Å²) in [5, 5.41) is 0. The van der Waals surface area contributed by atoms with E-state index in [1.807, 2.05) is 4.90 Å². The molecule has 3 heterocycles. The summed E-state index contributed by atoms with van der Waals surface area (Å²) in [6.45, 7) is 5.18. The van der Waals surface area contributed by atoms with Crippen molar-refractivity contribution in [3.05, 3.63) is 0 Å². The second kappa shape index (κ2) is 5.68. The Balaban J connectivity index is 1.53. The van der Waals surface area contributed by atoms with Crippen LogP contribution in [0.5, 0.6) is 0 Å². The molecule has 0 N–H and O–H groups in total. The number of fused-ring (bicyclic) bond motifs is 1. The summed E-state index contributed by atoms with van der Waals surface area (Å²) in [5.41, 5.74) is -2.31. The predicted octanol–water partition coefficient (Wildman–Crippen LogP) is 1.75.